The molecule has 2 saturated heterocycles. The summed E-state index contributed by atoms with van der Waals surface area (Å²) in [6, 6.07) is 4.87. The lowest BCUT2D eigenvalue weighted by Crippen LogP contribution is -2.37. The predicted octanol–water partition coefficient (Wildman–Crippen LogP) is 0.180. The van der Waals surface area contributed by atoms with E-state index in [1.807, 2.05) is 0 Å². The van der Waals surface area contributed by atoms with Crippen LogP contribution in [0, 0.1) is 0 Å². The maximum Gasteiger partial charge on any atom is 0.338 e. The summed E-state index contributed by atoms with van der Waals surface area (Å²) in [5.74, 6) is -1.37. The number of esters is 1. The smallest absolute Gasteiger partial charge is 0.338 e. The van der Waals surface area contributed by atoms with Gasteiger partial charge in [-0.3, -0.25) is 9.69 Å². The summed E-state index contributed by atoms with van der Waals surface area (Å²) in [6.07, 6.45) is 1.68. The highest BCUT2D eigenvalue weighted by Crippen LogP contribution is 2.21. The van der Waals surface area contributed by atoms with Gasteiger partial charge in [0.15, 0.2) is 6.61 Å². The lowest BCUT2D eigenvalue weighted by atomic mass is 10.2. The van der Waals surface area contributed by atoms with Crippen molar-refractivity contribution in [1.82, 2.24) is 14.5 Å². The van der Waals surface area contributed by atoms with Gasteiger partial charge < -0.3 is 10.1 Å². The van der Waals surface area contributed by atoms with Gasteiger partial charge in [-0.05, 0) is 37.1 Å². The number of nitrogens with zero attached hydrogens (tertiary/aromatic N) is 2. The minimum atomic E-state index is -3.55. The first kappa shape index (κ1) is 18.3. The van der Waals surface area contributed by atoms with Crippen molar-refractivity contribution in [1.29, 1.82) is 0 Å². The number of urea groups is 1. The standard InChI is InChI=1S/C16H19N3O6S/c20-14(19-10-7-17-16(19)22)11-25-15(21)12-3-5-13(6-4-12)26(23,24)18-8-1-2-9-18/h3-6H,1-2,7-11H2,(H,17,22). The van der Waals surface area contributed by atoms with Gasteiger partial charge in [0.25, 0.3) is 5.91 Å². The Bertz CT molecular complexity index is 815. The van der Waals surface area contributed by atoms with Crippen LogP contribution in [0.15, 0.2) is 29.2 Å². The Balaban J connectivity index is 1.60. The minimum absolute atomic E-state index is 0.112. The molecule has 140 valence electrons. The number of imide groups is 1. The third-order valence-electron chi connectivity index (χ3n) is 4.28. The van der Waals surface area contributed by atoms with Crippen LogP contribution in [0.5, 0.6) is 0 Å². The molecule has 2 fully saturated rings. The maximum absolute atomic E-state index is 12.4. The van der Waals surface area contributed by atoms with Crippen molar-refractivity contribution in [2.45, 2.75) is 17.7 Å². The highest BCUT2D eigenvalue weighted by molar-refractivity contribution is 7.89. The van der Waals surface area contributed by atoms with Gasteiger partial charge in [-0.1, -0.05) is 0 Å². The summed E-state index contributed by atoms with van der Waals surface area (Å²) >= 11 is 0. The second-order valence-corrected chi connectivity index (χ2v) is 7.93. The zero-order valence-corrected chi connectivity index (χ0v) is 14.8. The molecule has 0 aliphatic carbocycles. The van der Waals surface area contributed by atoms with Gasteiger partial charge >= 0.3 is 12.0 Å². The minimum Gasteiger partial charge on any atom is -0.452 e. The van der Waals surface area contributed by atoms with Crippen molar-refractivity contribution >= 4 is 27.9 Å². The van der Waals surface area contributed by atoms with Gasteiger partial charge in [0, 0.05) is 26.2 Å². The molecule has 0 radical (unpaired) electrons. The van der Waals surface area contributed by atoms with Crippen molar-refractivity contribution in [3.05, 3.63) is 29.8 Å². The summed E-state index contributed by atoms with van der Waals surface area (Å²) < 4.78 is 31.2. The zero-order valence-electron chi connectivity index (χ0n) is 14.0. The number of hydrogen-bond acceptors (Lipinski definition) is 6. The van der Waals surface area contributed by atoms with E-state index < -0.39 is 34.5 Å². The summed E-state index contributed by atoms with van der Waals surface area (Å²) in [4.78, 5) is 36.3. The molecule has 3 rings (SSSR count). The Morgan fingerprint density at radius 3 is 2.31 bits per heavy atom. The Hall–Kier alpha value is -2.46. The molecule has 1 aromatic carbocycles. The molecular formula is C16H19N3O6S. The Morgan fingerprint density at radius 2 is 1.73 bits per heavy atom. The lowest BCUT2D eigenvalue weighted by molar-refractivity contribution is -0.130. The quantitative estimate of drug-likeness (QED) is 0.728. The van der Waals surface area contributed by atoms with Crippen LogP contribution in [0.4, 0.5) is 4.79 Å². The molecule has 10 heteroatoms. The normalized spacial score (nSPS) is 18.0. The van der Waals surface area contributed by atoms with Crippen LogP contribution < -0.4 is 5.32 Å². The average Bonchev–Trinajstić information content (AvgIpc) is 3.31. The largest absolute Gasteiger partial charge is 0.452 e. The molecule has 26 heavy (non-hydrogen) atoms. The van der Waals surface area contributed by atoms with Crippen LogP contribution in [-0.4, -0.2) is 68.3 Å². The SMILES string of the molecule is O=C(OCC(=O)N1CCNC1=O)c1ccc(S(=O)(=O)N2CCCC2)cc1. The Morgan fingerprint density at radius 1 is 1.08 bits per heavy atom. The van der Waals surface area contributed by atoms with Crippen molar-refractivity contribution in [3.63, 3.8) is 0 Å². The number of carbonyl (C=O) groups excluding carboxylic acids is 3. The molecule has 2 heterocycles. The van der Waals surface area contributed by atoms with E-state index in [0.717, 1.165) is 17.7 Å². The highest BCUT2D eigenvalue weighted by Gasteiger charge is 2.28. The number of hydrogen-bond donors (Lipinski definition) is 1. The molecular weight excluding hydrogens is 362 g/mol. The molecule has 0 unspecified atom stereocenters. The van der Waals surface area contributed by atoms with E-state index in [1.54, 1.807) is 0 Å². The number of ether oxygens (including phenoxy) is 1. The monoisotopic (exact) mass is 381 g/mol. The topological polar surface area (TPSA) is 113 Å². The molecule has 2 aliphatic heterocycles. The fourth-order valence-corrected chi connectivity index (χ4v) is 4.36. The first-order chi connectivity index (χ1) is 12.4. The first-order valence-corrected chi connectivity index (χ1v) is 9.69. The van der Waals surface area contributed by atoms with Crippen molar-refractivity contribution in [2.75, 3.05) is 32.8 Å². The summed E-state index contributed by atoms with van der Waals surface area (Å²) in [7, 11) is -3.55. The second-order valence-electron chi connectivity index (χ2n) is 5.99. The maximum atomic E-state index is 12.4. The molecule has 3 amide bonds. The van der Waals surface area contributed by atoms with E-state index in [2.05, 4.69) is 5.32 Å². The fourth-order valence-electron chi connectivity index (χ4n) is 2.84. The number of amides is 3. The molecule has 0 atom stereocenters. The number of sulfonamides is 1. The van der Waals surface area contributed by atoms with Crippen LogP contribution in [0.1, 0.15) is 23.2 Å². The summed E-state index contributed by atoms with van der Waals surface area (Å²) in [6.45, 7) is 1.04. The molecule has 0 saturated carbocycles. The van der Waals surface area contributed by atoms with E-state index in [-0.39, 0.29) is 17.0 Å². The number of rotatable bonds is 5. The Kier molecular flexibility index (Phi) is 5.23. The van der Waals surface area contributed by atoms with E-state index in [9.17, 15) is 22.8 Å². The van der Waals surface area contributed by atoms with E-state index in [4.69, 9.17) is 4.74 Å². The summed E-state index contributed by atoms with van der Waals surface area (Å²) in [5, 5.41) is 2.48. The van der Waals surface area contributed by atoms with Crippen molar-refractivity contribution in [3.8, 4) is 0 Å². The predicted molar refractivity (Wildman–Crippen MR) is 89.8 cm³/mol. The van der Waals surface area contributed by atoms with E-state index in [0.29, 0.717) is 19.6 Å². The lowest BCUT2D eigenvalue weighted by Gasteiger charge is -2.15. The molecule has 0 aromatic heterocycles. The van der Waals surface area contributed by atoms with Crippen LogP contribution in [0.2, 0.25) is 0 Å². The third-order valence-corrected chi connectivity index (χ3v) is 6.19. The van der Waals surface area contributed by atoms with Crippen molar-refractivity contribution in [2.24, 2.45) is 0 Å². The van der Waals surface area contributed by atoms with Crippen LogP contribution in [0.25, 0.3) is 0 Å². The number of benzene rings is 1. The number of nitrogens with one attached hydrogen (secondary N) is 1. The molecule has 1 N–H and O–H groups in total. The zero-order chi connectivity index (χ0) is 18.7. The van der Waals surface area contributed by atoms with Gasteiger partial charge in [0.2, 0.25) is 10.0 Å². The average molecular weight is 381 g/mol. The molecule has 1 aromatic rings. The van der Waals surface area contributed by atoms with Gasteiger partial charge in [-0.2, -0.15) is 4.31 Å². The van der Waals surface area contributed by atoms with Gasteiger partial charge in [-0.15, -0.1) is 0 Å². The van der Waals surface area contributed by atoms with Crippen LogP contribution in [-0.2, 0) is 19.6 Å². The molecule has 0 bridgehead atoms. The second kappa shape index (κ2) is 7.42. The van der Waals surface area contributed by atoms with Gasteiger partial charge in [0.05, 0.1) is 10.5 Å². The van der Waals surface area contributed by atoms with E-state index >= 15 is 0 Å². The molecule has 2 aliphatic rings. The summed E-state index contributed by atoms with van der Waals surface area (Å²) in [5.41, 5.74) is 0.129. The number of carbonyl (C=O) groups is 3. The van der Waals surface area contributed by atoms with Gasteiger partial charge in [-0.25, -0.2) is 18.0 Å². The fraction of sp³-hybridized carbons (Fsp3) is 0.438. The van der Waals surface area contributed by atoms with E-state index in [1.165, 1.54) is 28.6 Å². The van der Waals surface area contributed by atoms with Crippen molar-refractivity contribution < 1.29 is 27.5 Å². The van der Waals surface area contributed by atoms with Crippen LogP contribution in [0.3, 0.4) is 0 Å². The third kappa shape index (κ3) is 3.70. The molecule has 0 spiro atoms. The highest BCUT2D eigenvalue weighted by atomic mass is 32.2. The molecule has 9 nitrogen and oxygen atoms in total. The van der Waals surface area contributed by atoms with Gasteiger partial charge in [0.1, 0.15) is 0 Å². The Labute approximate surface area is 150 Å². The first-order valence-electron chi connectivity index (χ1n) is 8.25. The van der Waals surface area contributed by atoms with Crippen LogP contribution >= 0.6 is 0 Å².